The molecule has 0 aromatic carbocycles. The zero-order valence-electron chi connectivity index (χ0n) is 14.9. The molecule has 1 saturated heterocycles. The van der Waals surface area contributed by atoms with Gasteiger partial charge in [-0.05, 0) is 38.0 Å². The molecule has 0 aromatic heterocycles. The first kappa shape index (κ1) is 20.6. The number of carbonyl (C=O) groups is 1. The van der Waals surface area contributed by atoms with Gasteiger partial charge in [-0.3, -0.25) is 4.79 Å². The van der Waals surface area contributed by atoms with E-state index in [0.717, 1.165) is 25.7 Å². The molecule has 2 N–H and O–H groups in total. The van der Waals surface area contributed by atoms with Crippen LogP contribution in [-0.4, -0.2) is 54.1 Å². The SMILES string of the molecule is CCC[C@H](O)C[C@H](C[C@H](C)C[C@@H]1CC(=O)C[C@H](CCO)O1)OC. The number of hydrogen-bond acceptors (Lipinski definition) is 5. The Morgan fingerprint density at radius 3 is 2.61 bits per heavy atom. The van der Waals surface area contributed by atoms with Crippen molar-refractivity contribution in [2.45, 2.75) is 89.6 Å². The van der Waals surface area contributed by atoms with Crippen molar-refractivity contribution in [1.29, 1.82) is 0 Å². The van der Waals surface area contributed by atoms with Crippen LogP contribution < -0.4 is 0 Å². The van der Waals surface area contributed by atoms with E-state index in [4.69, 9.17) is 14.6 Å². The summed E-state index contributed by atoms with van der Waals surface area (Å²) in [7, 11) is 1.69. The van der Waals surface area contributed by atoms with Crippen LogP contribution in [0.15, 0.2) is 0 Å². The van der Waals surface area contributed by atoms with Crippen molar-refractivity contribution < 1.29 is 24.5 Å². The molecule has 5 atom stereocenters. The Morgan fingerprint density at radius 1 is 1.30 bits per heavy atom. The molecular formula is C18H34O5. The van der Waals surface area contributed by atoms with E-state index in [1.807, 2.05) is 0 Å². The van der Waals surface area contributed by atoms with Gasteiger partial charge in [-0.15, -0.1) is 0 Å². The number of Topliss-reactive ketones (excluding diaryl/α,β-unsaturated/α-hetero) is 1. The van der Waals surface area contributed by atoms with Crippen LogP contribution in [0, 0.1) is 5.92 Å². The number of aliphatic hydroxyl groups excluding tert-OH is 2. The number of ether oxygens (including phenoxy) is 2. The zero-order valence-corrected chi connectivity index (χ0v) is 14.9. The summed E-state index contributed by atoms with van der Waals surface area (Å²) in [5.74, 6) is 0.591. The van der Waals surface area contributed by atoms with Crippen molar-refractivity contribution in [3.63, 3.8) is 0 Å². The maximum Gasteiger partial charge on any atom is 0.138 e. The van der Waals surface area contributed by atoms with Crippen molar-refractivity contribution in [1.82, 2.24) is 0 Å². The highest BCUT2D eigenvalue weighted by atomic mass is 16.5. The molecule has 1 heterocycles. The summed E-state index contributed by atoms with van der Waals surface area (Å²) in [6.45, 7) is 4.26. The second-order valence-electron chi connectivity index (χ2n) is 6.95. The molecule has 1 fully saturated rings. The molecule has 0 aliphatic carbocycles. The largest absolute Gasteiger partial charge is 0.396 e. The fraction of sp³-hybridized carbons (Fsp3) is 0.944. The predicted octanol–water partition coefficient (Wildman–Crippen LogP) is 2.47. The number of methoxy groups -OCH3 is 1. The van der Waals surface area contributed by atoms with Crippen molar-refractivity contribution in [3.8, 4) is 0 Å². The molecule has 1 aliphatic rings. The molecule has 5 heteroatoms. The van der Waals surface area contributed by atoms with Gasteiger partial charge in [-0.1, -0.05) is 20.3 Å². The molecule has 0 radical (unpaired) electrons. The summed E-state index contributed by atoms with van der Waals surface area (Å²) in [4.78, 5) is 11.8. The van der Waals surface area contributed by atoms with Crippen molar-refractivity contribution in [2.24, 2.45) is 5.92 Å². The van der Waals surface area contributed by atoms with Crippen molar-refractivity contribution in [3.05, 3.63) is 0 Å². The molecule has 1 aliphatic heterocycles. The second-order valence-corrected chi connectivity index (χ2v) is 6.95. The molecule has 0 amide bonds. The Bertz CT molecular complexity index is 333. The topological polar surface area (TPSA) is 76.0 Å². The fourth-order valence-electron chi connectivity index (χ4n) is 3.45. The molecule has 0 bridgehead atoms. The van der Waals surface area contributed by atoms with E-state index in [-0.39, 0.29) is 36.8 Å². The minimum absolute atomic E-state index is 0.0408. The lowest BCUT2D eigenvalue weighted by molar-refractivity contribution is -0.137. The number of ketones is 1. The molecule has 0 aromatic rings. The Kier molecular flexibility index (Phi) is 9.95. The van der Waals surface area contributed by atoms with Crippen molar-refractivity contribution >= 4 is 5.78 Å². The van der Waals surface area contributed by atoms with Crippen LogP contribution in [0.3, 0.4) is 0 Å². The lowest BCUT2D eigenvalue weighted by atomic mass is 9.90. The molecular weight excluding hydrogens is 296 g/mol. The molecule has 0 saturated carbocycles. The van der Waals surface area contributed by atoms with Crippen LogP contribution in [-0.2, 0) is 14.3 Å². The average molecular weight is 330 g/mol. The fourth-order valence-corrected chi connectivity index (χ4v) is 3.45. The summed E-state index contributed by atoms with van der Waals surface area (Å²) < 4.78 is 11.4. The number of aliphatic hydroxyl groups is 2. The molecule has 0 unspecified atom stereocenters. The van der Waals surface area contributed by atoms with E-state index in [9.17, 15) is 9.90 Å². The van der Waals surface area contributed by atoms with Gasteiger partial charge in [0.25, 0.3) is 0 Å². The zero-order chi connectivity index (χ0) is 17.2. The van der Waals surface area contributed by atoms with Gasteiger partial charge < -0.3 is 19.7 Å². The van der Waals surface area contributed by atoms with Crippen LogP contribution >= 0.6 is 0 Å². The quantitative estimate of drug-likeness (QED) is 0.609. The summed E-state index contributed by atoms with van der Waals surface area (Å²) in [6.07, 6.45) is 5.08. The third kappa shape index (κ3) is 8.25. The van der Waals surface area contributed by atoms with Crippen LogP contribution in [0.2, 0.25) is 0 Å². The average Bonchev–Trinajstić information content (AvgIpc) is 2.46. The van der Waals surface area contributed by atoms with E-state index in [2.05, 4.69) is 13.8 Å². The van der Waals surface area contributed by atoms with Crippen molar-refractivity contribution in [2.75, 3.05) is 13.7 Å². The van der Waals surface area contributed by atoms with E-state index in [0.29, 0.717) is 31.6 Å². The monoisotopic (exact) mass is 330 g/mol. The lowest BCUT2D eigenvalue weighted by Gasteiger charge is -2.31. The first-order chi connectivity index (χ1) is 11.0. The number of carbonyl (C=O) groups excluding carboxylic acids is 1. The Hall–Kier alpha value is -0.490. The normalized spacial score (nSPS) is 26.0. The second kappa shape index (κ2) is 11.1. The van der Waals surface area contributed by atoms with Crippen LogP contribution in [0.5, 0.6) is 0 Å². The van der Waals surface area contributed by atoms with E-state index < -0.39 is 0 Å². The van der Waals surface area contributed by atoms with Gasteiger partial charge in [0.2, 0.25) is 0 Å². The maximum absolute atomic E-state index is 11.8. The van der Waals surface area contributed by atoms with Gasteiger partial charge in [-0.2, -0.15) is 0 Å². The third-order valence-corrected chi connectivity index (χ3v) is 4.57. The third-order valence-electron chi connectivity index (χ3n) is 4.57. The van der Waals surface area contributed by atoms with Gasteiger partial charge in [-0.25, -0.2) is 0 Å². The molecule has 136 valence electrons. The predicted molar refractivity (Wildman–Crippen MR) is 89.3 cm³/mol. The van der Waals surface area contributed by atoms with Gasteiger partial charge in [0.1, 0.15) is 5.78 Å². The minimum Gasteiger partial charge on any atom is -0.396 e. The summed E-state index contributed by atoms with van der Waals surface area (Å²) >= 11 is 0. The molecule has 5 nitrogen and oxygen atoms in total. The van der Waals surface area contributed by atoms with Crippen LogP contribution in [0.25, 0.3) is 0 Å². The van der Waals surface area contributed by atoms with Crippen LogP contribution in [0.4, 0.5) is 0 Å². The Labute approximate surface area is 140 Å². The molecule has 0 spiro atoms. The first-order valence-electron chi connectivity index (χ1n) is 8.97. The first-order valence-corrected chi connectivity index (χ1v) is 8.97. The highest BCUT2D eigenvalue weighted by Crippen LogP contribution is 2.26. The highest BCUT2D eigenvalue weighted by Gasteiger charge is 2.29. The highest BCUT2D eigenvalue weighted by molar-refractivity contribution is 5.80. The minimum atomic E-state index is -0.307. The number of hydrogen-bond donors (Lipinski definition) is 2. The maximum atomic E-state index is 11.8. The van der Waals surface area contributed by atoms with Gasteiger partial charge in [0.05, 0.1) is 24.4 Å². The Morgan fingerprint density at radius 2 is 2.00 bits per heavy atom. The Balaban J connectivity index is 2.41. The molecule has 1 rings (SSSR count). The van der Waals surface area contributed by atoms with E-state index in [1.54, 1.807) is 7.11 Å². The van der Waals surface area contributed by atoms with E-state index >= 15 is 0 Å². The smallest absolute Gasteiger partial charge is 0.138 e. The van der Waals surface area contributed by atoms with Gasteiger partial charge in [0, 0.05) is 26.6 Å². The van der Waals surface area contributed by atoms with E-state index in [1.165, 1.54) is 0 Å². The van der Waals surface area contributed by atoms with Crippen LogP contribution in [0.1, 0.15) is 65.2 Å². The number of rotatable bonds is 11. The van der Waals surface area contributed by atoms with Gasteiger partial charge in [0.15, 0.2) is 0 Å². The summed E-state index contributed by atoms with van der Waals surface area (Å²) in [6, 6.07) is 0. The van der Waals surface area contributed by atoms with Gasteiger partial charge >= 0.3 is 0 Å². The summed E-state index contributed by atoms with van der Waals surface area (Å²) in [5.41, 5.74) is 0. The lowest BCUT2D eigenvalue weighted by Crippen LogP contribution is -2.35. The standard InChI is InChI=1S/C18H34O5/c1-4-5-14(20)10-17(22-3)8-13(2)9-18-12-15(21)11-16(23-18)6-7-19/h13-14,16-20H,4-12H2,1-3H3/t13-,14-,16-,17-,18+/m0/s1. The molecule has 23 heavy (non-hydrogen) atoms. The summed E-state index contributed by atoms with van der Waals surface area (Å²) in [5, 5.41) is 19.0.